The van der Waals surface area contributed by atoms with Crippen molar-refractivity contribution in [3.05, 3.63) is 59.7 Å². The van der Waals surface area contributed by atoms with E-state index >= 15 is 0 Å². The monoisotopic (exact) mass is 365 g/mol. The van der Waals surface area contributed by atoms with Gasteiger partial charge in [0.1, 0.15) is 5.84 Å². The Kier molecular flexibility index (Phi) is 6.50. The third kappa shape index (κ3) is 6.06. The van der Waals surface area contributed by atoms with Crippen molar-refractivity contribution in [3.63, 3.8) is 0 Å². The van der Waals surface area contributed by atoms with Crippen LogP contribution in [-0.4, -0.2) is 17.6 Å². The Morgan fingerprint density at radius 3 is 2.30 bits per heavy atom. The molecule has 2 N–H and O–H groups in total. The minimum atomic E-state index is -0.202. The number of carbonyl (C=O) groups is 2. The van der Waals surface area contributed by atoms with E-state index in [-0.39, 0.29) is 17.2 Å². The Morgan fingerprint density at radius 1 is 1.04 bits per heavy atom. The zero-order chi connectivity index (χ0) is 20.0. The van der Waals surface area contributed by atoms with E-state index in [4.69, 9.17) is 0 Å². The zero-order valence-electron chi connectivity index (χ0n) is 16.6. The number of rotatable bonds is 4. The Hall–Kier alpha value is -2.95. The first kappa shape index (κ1) is 20.4. The van der Waals surface area contributed by atoms with E-state index < -0.39 is 0 Å². The van der Waals surface area contributed by atoms with E-state index in [1.165, 1.54) is 5.56 Å². The zero-order valence-corrected chi connectivity index (χ0v) is 16.6. The average molecular weight is 365 g/mol. The molecule has 0 aliphatic carbocycles. The van der Waals surface area contributed by atoms with Gasteiger partial charge >= 0.3 is 0 Å². The second-order valence-electron chi connectivity index (χ2n) is 7.43. The largest absolute Gasteiger partial charge is 0.326 e. The maximum Gasteiger partial charge on any atom is 0.256 e. The van der Waals surface area contributed by atoms with Gasteiger partial charge in [-0.15, -0.1) is 0 Å². The summed E-state index contributed by atoms with van der Waals surface area (Å²) in [6, 6.07) is 14.8. The number of carbonyl (C=O) groups excluding carboxylic acids is 2. The van der Waals surface area contributed by atoms with Crippen molar-refractivity contribution in [3.8, 4) is 0 Å². The van der Waals surface area contributed by atoms with E-state index in [1.807, 2.05) is 36.4 Å². The summed E-state index contributed by atoms with van der Waals surface area (Å²) in [6.07, 6.45) is 0.413. The molecule has 0 spiro atoms. The van der Waals surface area contributed by atoms with Gasteiger partial charge < -0.3 is 10.6 Å². The van der Waals surface area contributed by atoms with Gasteiger partial charge in [-0.25, -0.2) is 4.99 Å². The Balaban J connectivity index is 2.07. The van der Waals surface area contributed by atoms with Crippen LogP contribution in [0.3, 0.4) is 0 Å². The summed E-state index contributed by atoms with van der Waals surface area (Å²) in [7, 11) is 0. The molecule has 2 rings (SSSR count). The maximum atomic E-state index is 12.4. The summed E-state index contributed by atoms with van der Waals surface area (Å²) < 4.78 is 0. The molecular formula is C22H27N3O2. The van der Waals surface area contributed by atoms with Crippen LogP contribution in [0.15, 0.2) is 53.5 Å². The Morgan fingerprint density at radius 2 is 1.70 bits per heavy atom. The molecule has 0 bridgehead atoms. The van der Waals surface area contributed by atoms with Gasteiger partial charge in [-0.1, -0.05) is 45.9 Å². The lowest BCUT2D eigenvalue weighted by molar-refractivity contribution is -0.115. The van der Waals surface area contributed by atoms with E-state index in [0.29, 0.717) is 29.2 Å². The fourth-order valence-corrected chi connectivity index (χ4v) is 2.48. The highest BCUT2D eigenvalue weighted by atomic mass is 16.2. The fraction of sp³-hybridized carbons (Fsp3) is 0.318. The van der Waals surface area contributed by atoms with Crippen LogP contribution in [0.4, 0.5) is 11.4 Å². The normalized spacial score (nSPS) is 11.8. The molecule has 2 aromatic rings. The number of amidine groups is 1. The van der Waals surface area contributed by atoms with E-state index in [2.05, 4.69) is 36.4 Å². The van der Waals surface area contributed by atoms with Gasteiger partial charge in [0, 0.05) is 17.7 Å². The van der Waals surface area contributed by atoms with Gasteiger partial charge in [0.2, 0.25) is 5.91 Å². The maximum absolute atomic E-state index is 12.4. The summed E-state index contributed by atoms with van der Waals surface area (Å²) in [5.74, 6) is 0.228. The van der Waals surface area contributed by atoms with Gasteiger partial charge in [0.25, 0.3) is 5.91 Å². The molecule has 2 aromatic carbocycles. The molecule has 0 unspecified atom stereocenters. The first-order valence-corrected chi connectivity index (χ1v) is 9.06. The van der Waals surface area contributed by atoms with E-state index in [9.17, 15) is 9.59 Å². The molecule has 0 saturated heterocycles. The van der Waals surface area contributed by atoms with Gasteiger partial charge in [-0.05, 0) is 48.2 Å². The number of benzene rings is 2. The second-order valence-corrected chi connectivity index (χ2v) is 7.43. The molecule has 0 heterocycles. The number of anilines is 1. The highest BCUT2D eigenvalue weighted by molar-refractivity contribution is 6.06. The number of nitrogens with zero attached hydrogens (tertiary/aromatic N) is 1. The number of amides is 2. The number of nitrogens with one attached hydrogen (secondary N) is 2. The van der Waals surface area contributed by atoms with Crippen molar-refractivity contribution in [2.75, 3.05) is 5.32 Å². The van der Waals surface area contributed by atoms with Crippen LogP contribution in [0, 0.1) is 0 Å². The van der Waals surface area contributed by atoms with Crippen LogP contribution in [0.5, 0.6) is 0 Å². The van der Waals surface area contributed by atoms with Gasteiger partial charge in [-0.2, -0.15) is 0 Å². The minimum Gasteiger partial charge on any atom is -0.326 e. The molecule has 0 aliphatic heterocycles. The second kappa shape index (κ2) is 8.62. The third-order valence-corrected chi connectivity index (χ3v) is 4.06. The first-order valence-electron chi connectivity index (χ1n) is 9.06. The Labute approximate surface area is 160 Å². The molecule has 5 nitrogen and oxygen atoms in total. The van der Waals surface area contributed by atoms with Crippen molar-refractivity contribution in [2.24, 2.45) is 4.99 Å². The molecule has 2 amide bonds. The van der Waals surface area contributed by atoms with Crippen molar-refractivity contribution in [1.29, 1.82) is 0 Å². The molecule has 142 valence electrons. The molecule has 0 saturated carbocycles. The molecule has 27 heavy (non-hydrogen) atoms. The van der Waals surface area contributed by atoms with Gasteiger partial charge in [0.05, 0.1) is 5.69 Å². The molecule has 0 radical (unpaired) electrons. The predicted octanol–water partition coefficient (Wildman–Crippen LogP) is 4.81. The highest BCUT2D eigenvalue weighted by Gasteiger charge is 2.14. The molecular weight excluding hydrogens is 338 g/mol. The minimum absolute atomic E-state index is 0.0462. The smallest absolute Gasteiger partial charge is 0.256 e. The van der Waals surface area contributed by atoms with Crippen LogP contribution >= 0.6 is 0 Å². The van der Waals surface area contributed by atoms with Gasteiger partial charge in [0.15, 0.2) is 0 Å². The number of aliphatic imine (C=N–C) groups is 1. The third-order valence-electron chi connectivity index (χ3n) is 4.06. The standard InChI is InChI=1S/C22H27N3O2/c1-6-20(26)25-19-9-7-8-18(14-19)23-15(2)24-21(27)16-10-12-17(13-11-16)22(3,4)5/h7-14H,6H2,1-5H3,(H,25,26)(H,23,24,27). The predicted molar refractivity (Wildman–Crippen MR) is 111 cm³/mol. The highest BCUT2D eigenvalue weighted by Crippen LogP contribution is 2.22. The lowest BCUT2D eigenvalue weighted by Crippen LogP contribution is -2.28. The fourth-order valence-electron chi connectivity index (χ4n) is 2.48. The lowest BCUT2D eigenvalue weighted by atomic mass is 9.87. The van der Waals surface area contributed by atoms with E-state index in [1.54, 1.807) is 26.0 Å². The number of hydrogen-bond donors (Lipinski definition) is 2. The van der Waals surface area contributed by atoms with Crippen LogP contribution in [0.2, 0.25) is 0 Å². The summed E-state index contributed by atoms with van der Waals surface area (Å²) in [5.41, 5.74) is 3.14. The summed E-state index contributed by atoms with van der Waals surface area (Å²) >= 11 is 0. The molecule has 0 atom stereocenters. The first-order chi connectivity index (χ1) is 12.7. The van der Waals surface area contributed by atoms with E-state index in [0.717, 1.165) is 0 Å². The van der Waals surface area contributed by atoms with Crippen molar-refractivity contribution in [2.45, 2.75) is 46.5 Å². The molecule has 0 aliphatic rings. The van der Waals surface area contributed by atoms with Crippen molar-refractivity contribution >= 4 is 29.0 Å². The average Bonchev–Trinajstić information content (AvgIpc) is 2.61. The molecule has 5 heteroatoms. The summed E-state index contributed by atoms with van der Waals surface area (Å²) in [6.45, 7) is 9.94. The Bertz CT molecular complexity index is 847. The number of hydrogen-bond acceptors (Lipinski definition) is 3. The van der Waals surface area contributed by atoms with Crippen molar-refractivity contribution in [1.82, 2.24) is 5.32 Å². The summed E-state index contributed by atoms with van der Waals surface area (Å²) in [4.78, 5) is 28.3. The van der Waals surface area contributed by atoms with Crippen LogP contribution in [-0.2, 0) is 10.2 Å². The van der Waals surface area contributed by atoms with Crippen molar-refractivity contribution < 1.29 is 9.59 Å². The van der Waals surface area contributed by atoms with Crippen LogP contribution in [0.25, 0.3) is 0 Å². The van der Waals surface area contributed by atoms with Crippen LogP contribution < -0.4 is 10.6 Å². The van der Waals surface area contributed by atoms with Crippen LogP contribution in [0.1, 0.15) is 57.0 Å². The quantitative estimate of drug-likeness (QED) is 0.603. The van der Waals surface area contributed by atoms with Gasteiger partial charge in [-0.3, -0.25) is 9.59 Å². The molecule has 0 aromatic heterocycles. The molecule has 0 fully saturated rings. The SMILES string of the molecule is CCC(=O)Nc1cccc(N=C(C)NC(=O)c2ccc(C(C)(C)C)cc2)c1. The topological polar surface area (TPSA) is 70.6 Å². The summed E-state index contributed by atoms with van der Waals surface area (Å²) in [5, 5.41) is 5.59. The lowest BCUT2D eigenvalue weighted by Gasteiger charge is -2.19.